The quantitative estimate of drug-likeness (QED) is 0.673. The number of para-hydroxylation sites is 1. The third kappa shape index (κ3) is 3.40. The summed E-state index contributed by atoms with van der Waals surface area (Å²) in [7, 11) is -3.67. The highest BCUT2D eigenvalue weighted by Crippen LogP contribution is 2.34. The first-order chi connectivity index (χ1) is 9.80. The molecule has 2 aromatic rings. The zero-order chi connectivity index (χ0) is 15.6. The summed E-state index contributed by atoms with van der Waals surface area (Å²) in [6.45, 7) is 1.86. The van der Waals surface area contributed by atoms with Gasteiger partial charge in [0.1, 0.15) is 10.6 Å². The van der Waals surface area contributed by atoms with Crippen LogP contribution in [-0.4, -0.2) is 19.6 Å². The predicted molar refractivity (Wildman–Crippen MR) is 82.6 cm³/mol. The molecule has 6 nitrogen and oxygen atoms in total. The van der Waals surface area contributed by atoms with E-state index in [9.17, 15) is 18.5 Å². The number of rotatable bonds is 5. The number of hydrogen-bond donors (Lipinski definition) is 1. The minimum Gasteiger partial charge on any atom is -0.372 e. The lowest BCUT2D eigenvalue weighted by Crippen LogP contribution is -2.10. The van der Waals surface area contributed by atoms with Gasteiger partial charge in [0.25, 0.3) is 0 Å². The van der Waals surface area contributed by atoms with E-state index in [0.717, 1.165) is 11.1 Å². The van der Waals surface area contributed by atoms with Gasteiger partial charge in [0.2, 0.25) is 0 Å². The Morgan fingerprint density at radius 3 is 2.52 bits per heavy atom. The minimum absolute atomic E-state index is 0.154. The van der Waals surface area contributed by atoms with Crippen molar-refractivity contribution in [2.24, 2.45) is 0 Å². The molecule has 1 N–H and O–H groups in total. The van der Waals surface area contributed by atoms with Gasteiger partial charge in [-0.1, -0.05) is 12.1 Å². The van der Waals surface area contributed by atoms with E-state index in [2.05, 4.69) is 5.32 Å². The van der Waals surface area contributed by atoms with Crippen molar-refractivity contribution < 1.29 is 13.3 Å². The second-order valence-corrected chi connectivity index (χ2v) is 7.53. The molecule has 0 saturated heterocycles. The highest BCUT2D eigenvalue weighted by molar-refractivity contribution is 7.90. The van der Waals surface area contributed by atoms with Crippen molar-refractivity contribution in [1.29, 1.82) is 0 Å². The van der Waals surface area contributed by atoms with Gasteiger partial charge < -0.3 is 5.32 Å². The maximum absolute atomic E-state index is 11.7. The van der Waals surface area contributed by atoms with Crippen LogP contribution >= 0.6 is 11.3 Å². The van der Waals surface area contributed by atoms with Gasteiger partial charge in [-0.25, -0.2) is 8.42 Å². The number of anilines is 1. The smallest absolute Gasteiger partial charge is 0.310 e. The molecule has 1 atom stereocenters. The van der Waals surface area contributed by atoms with Gasteiger partial charge in [-0.3, -0.25) is 10.1 Å². The first-order valence-corrected chi connectivity index (χ1v) is 8.85. The Kier molecular flexibility index (Phi) is 4.29. The predicted octanol–water partition coefficient (Wildman–Crippen LogP) is 3.23. The van der Waals surface area contributed by atoms with E-state index in [4.69, 9.17) is 0 Å². The molecule has 1 heterocycles. The molecule has 1 aromatic heterocycles. The van der Waals surface area contributed by atoms with Gasteiger partial charge in [0.15, 0.2) is 9.84 Å². The van der Waals surface area contributed by atoms with E-state index >= 15 is 0 Å². The van der Waals surface area contributed by atoms with Crippen LogP contribution in [-0.2, 0) is 9.84 Å². The molecule has 21 heavy (non-hydrogen) atoms. The molecule has 0 spiro atoms. The lowest BCUT2D eigenvalue weighted by atomic mass is 10.2. The van der Waals surface area contributed by atoms with E-state index in [0.29, 0.717) is 0 Å². The first kappa shape index (κ1) is 15.5. The van der Waals surface area contributed by atoms with Crippen LogP contribution in [0.2, 0.25) is 0 Å². The van der Waals surface area contributed by atoms with Crippen LogP contribution in [0, 0.1) is 10.1 Å². The molecule has 0 bridgehead atoms. The Labute approximate surface area is 126 Å². The lowest BCUT2D eigenvalue weighted by molar-refractivity contribution is -0.386. The van der Waals surface area contributed by atoms with Crippen molar-refractivity contribution in [3.63, 3.8) is 0 Å². The Balaban J connectivity index is 2.47. The molecule has 2 rings (SSSR count). The summed E-state index contributed by atoms with van der Waals surface area (Å²) in [5, 5.41) is 16.2. The van der Waals surface area contributed by atoms with Crippen molar-refractivity contribution in [2.75, 3.05) is 11.6 Å². The molecule has 0 aliphatic rings. The number of nitrogens with one attached hydrogen (secondary N) is 1. The average molecular weight is 326 g/mol. The number of nitro groups is 1. The zero-order valence-electron chi connectivity index (χ0n) is 11.4. The summed E-state index contributed by atoms with van der Waals surface area (Å²) >= 11 is 1.52. The van der Waals surface area contributed by atoms with E-state index in [1.54, 1.807) is 0 Å². The van der Waals surface area contributed by atoms with Crippen LogP contribution in [0.5, 0.6) is 0 Å². The molecule has 1 aromatic carbocycles. The fraction of sp³-hybridized carbons (Fsp3) is 0.231. The average Bonchev–Trinajstić information content (AvgIpc) is 2.91. The molecule has 0 aliphatic carbocycles. The molecule has 0 amide bonds. The highest BCUT2D eigenvalue weighted by atomic mass is 32.2. The molecule has 0 saturated carbocycles. The van der Waals surface area contributed by atoms with E-state index in [1.807, 2.05) is 24.4 Å². The third-order valence-electron chi connectivity index (χ3n) is 2.92. The zero-order valence-corrected chi connectivity index (χ0v) is 13.1. The number of benzene rings is 1. The highest BCUT2D eigenvalue weighted by Gasteiger charge is 2.26. The van der Waals surface area contributed by atoms with Crippen LogP contribution in [0.4, 0.5) is 11.4 Å². The Morgan fingerprint density at radius 2 is 2.00 bits per heavy atom. The molecular formula is C13H14N2O4S2. The third-order valence-corrected chi connectivity index (χ3v) is 5.11. The summed E-state index contributed by atoms with van der Waals surface area (Å²) in [6, 6.07) is 7.89. The summed E-state index contributed by atoms with van der Waals surface area (Å²) in [5.41, 5.74) is -0.216. The van der Waals surface area contributed by atoms with E-state index < -0.39 is 20.4 Å². The van der Waals surface area contributed by atoms with Crippen molar-refractivity contribution in [3.8, 4) is 0 Å². The van der Waals surface area contributed by atoms with Gasteiger partial charge in [0.05, 0.1) is 11.0 Å². The van der Waals surface area contributed by atoms with Gasteiger partial charge in [0, 0.05) is 11.1 Å². The maximum Gasteiger partial charge on any atom is 0.310 e. The van der Waals surface area contributed by atoms with E-state index in [-0.39, 0.29) is 16.6 Å². The molecule has 0 fully saturated rings. The number of nitrogens with zero attached hydrogens (tertiary/aromatic N) is 1. The van der Waals surface area contributed by atoms with Crippen LogP contribution in [0.1, 0.15) is 17.8 Å². The number of sulfone groups is 1. The van der Waals surface area contributed by atoms with Crippen LogP contribution in [0.25, 0.3) is 0 Å². The van der Waals surface area contributed by atoms with Gasteiger partial charge in [-0.05, 0) is 30.5 Å². The SMILES string of the molecule is CC(Nc1cccc(S(C)(=O)=O)c1[N+](=O)[O-])c1cccs1. The number of thiophene rings is 1. The normalized spacial score (nSPS) is 12.9. The number of hydrogen-bond acceptors (Lipinski definition) is 6. The summed E-state index contributed by atoms with van der Waals surface area (Å²) < 4.78 is 23.4. The maximum atomic E-state index is 11.7. The Bertz CT molecular complexity index is 754. The van der Waals surface area contributed by atoms with Gasteiger partial charge in [-0.15, -0.1) is 11.3 Å². The van der Waals surface area contributed by atoms with Gasteiger partial charge >= 0.3 is 5.69 Å². The van der Waals surface area contributed by atoms with Crippen LogP contribution < -0.4 is 5.32 Å². The first-order valence-electron chi connectivity index (χ1n) is 6.08. The lowest BCUT2D eigenvalue weighted by Gasteiger charge is -2.14. The van der Waals surface area contributed by atoms with Crippen LogP contribution in [0.15, 0.2) is 40.6 Å². The second kappa shape index (κ2) is 5.82. The summed E-state index contributed by atoms with van der Waals surface area (Å²) in [6.07, 6.45) is 0.960. The number of nitro benzene ring substituents is 1. The second-order valence-electron chi connectivity index (χ2n) is 4.56. The topological polar surface area (TPSA) is 89.3 Å². The molecule has 0 radical (unpaired) electrons. The molecule has 112 valence electrons. The van der Waals surface area contributed by atoms with Crippen molar-refractivity contribution in [3.05, 3.63) is 50.7 Å². The molecule has 0 aliphatic heterocycles. The summed E-state index contributed by atoms with van der Waals surface area (Å²) in [4.78, 5) is 11.3. The van der Waals surface area contributed by atoms with Gasteiger partial charge in [-0.2, -0.15) is 0 Å². The van der Waals surface area contributed by atoms with Crippen molar-refractivity contribution in [2.45, 2.75) is 17.9 Å². The molecular weight excluding hydrogens is 312 g/mol. The molecule has 8 heteroatoms. The van der Waals surface area contributed by atoms with Crippen molar-refractivity contribution in [1.82, 2.24) is 0 Å². The fourth-order valence-corrected chi connectivity index (χ4v) is 3.56. The summed E-state index contributed by atoms with van der Waals surface area (Å²) in [5.74, 6) is 0. The Morgan fingerprint density at radius 1 is 1.29 bits per heavy atom. The minimum atomic E-state index is -3.67. The molecule has 1 unspecified atom stereocenters. The van der Waals surface area contributed by atoms with Crippen molar-refractivity contribution >= 4 is 32.5 Å². The largest absolute Gasteiger partial charge is 0.372 e. The van der Waals surface area contributed by atoms with Crippen LogP contribution in [0.3, 0.4) is 0 Å². The van der Waals surface area contributed by atoms with E-state index in [1.165, 1.54) is 29.5 Å². The Hall–Kier alpha value is -1.93. The monoisotopic (exact) mass is 326 g/mol. The standard InChI is InChI=1S/C13H14N2O4S2/c1-9(11-6-4-8-20-11)14-10-5-3-7-12(21(2,18)19)13(10)15(16)17/h3-9,14H,1-2H3. The fourth-order valence-electron chi connectivity index (χ4n) is 1.97.